The van der Waals surface area contributed by atoms with E-state index in [9.17, 15) is 9.59 Å². The van der Waals surface area contributed by atoms with Crippen molar-refractivity contribution >= 4 is 45.7 Å². The molecule has 1 amide bonds. The van der Waals surface area contributed by atoms with Crippen LogP contribution in [-0.2, 0) is 11.3 Å². The van der Waals surface area contributed by atoms with Gasteiger partial charge in [0, 0.05) is 29.6 Å². The fraction of sp³-hybridized carbons (Fsp3) is 0.320. The quantitative estimate of drug-likeness (QED) is 0.238. The SMILES string of the molecule is COc1ccc2[nH]c3c(=O)n(CCCCC(=O)Nc4ccc(C(C)C)cc4)c(=S)[nH]c3c2c1. The van der Waals surface area contributed by atoms with Crippen LogP contribution in [0.15, 0.2) is 47.3 Å². The first-order valence-corrected chi connectivity index (χ1v) is 11.5. The van der Waals surface area contributed by atoms with Crippen LogP contribution >= 0.6 is 12.2 Å². The fourth-order valence-corrected chi connectivity index (χ4v) is 4.20. The van der Waals surface area contributed by atoms with Crippen molar-refractivity contribution in [1.29, 1.82) is 0 Å². The van der Waals surface area contributed by atoms with Crippen molar-refractivity contribution < 1.29 is 9.53 Å². The highest BCUT2D eigenvalue weighted by Gasteiger charge is 2.12. The van der Waals surface area contributed by atoms with Crippen LogP contribution in [0.2, 0.25) is 0 Å². The van der Waals surface area contributed by atoms with Gasteiger partial charge in [0.05, 0.1) is 12.6 Å². The molecular weight excluding hydrogens is 436 g/mol. The Morgan fingerprint density at radius 1 is 1.09 bits per heavy atom. The first-order valence-electron chi connectivity index (χ1n) is 11.1. The van der Waals surface area contributed by atoms with Gasteiger partial charge in [-0.1, -0.05) is 26.0 Å². The zero-order valence-electron chi connectivity index (χ0n) is 19.0. The number of anilines is 1. The molecule has 0 aliphatic carbocycles. The van der Waals surface area contributed by atoms with Crippen LogP contribution in [0.5, 0.6) is 5.75 Å². The van der Waals surface area contributed by atoms with Crippen molar-refractivity contribution in [3.8, 4) is 5.75 Å². The number of rotatable bonds is 8. The molecule has 4 rings (SSSR count). The Kier molecular flexibility index (Phi) is 6.65. The van der Waals surface area contributed by atoms with Gasteiger partial charge in [-0.15, -0.1) is 0 Å². The molecule has 0 unspecified atom stereocenters. The van der Waals surface area contributed by atoms with E-state index in [1.54, 1.807) is 11.7 Å². The van der Waals surface area contributed by atoms with E-state index >= 15 is 0 Å². The van der Waals surface area contributed by atoms with Crippen molar-refractivity contribution in [1.82, 2.24) is 14.5 Å². The smallest absolute Gasteiger partial charge is 0.278 e. The second kappa shape index (κ2) is 9.62. The second-order valence-electron chi connectivity index (χ2n) is 8.46. The number of hydrogen-bond donors (Lipinski definition) is 3. The number of nitrogens with one attached hydrogen (secondary N) is 3. The summed E-state index contributed by atoms with van der Waals surface area (Å²) in [6, 6.07) is 13.5. The van der Waals surface area contributed by atoms with Crippen molar-refractivity contribution in [3.63, 3.8) is 0 Å². The lowest BCUT2D eigenvalue weighted by atomic mass is 10.0. The molecule has 2 aromatic carbocycles. The minimum atomic E-state index is -0.168. The molecule has 4 aromatic rings. The molecule has 7 nitrogen and oxygen atoms in total. The molecule has 0 fully saturated rings. The summed E-state index contributed by atoms with van der Waals surface area (Å²) >= 11 is 5.46. The third-order valence-electron chi connectivity index (χ3n) is 5.84. The molecule has 33 heavy (non-hydrogen) atoms. The van der Waals surface area contributed by atoms with Crippen molar-refractivity contribution in [2.24, 2.45) is 0 Å². The van der Waals surface area contributed by atoms with E-state index in [0.717, 1.165) is 16.6 Å². The van der Waals surface area contributed by atoms with Crippen LogP contribution in [0.1, 0.15) is 44.6 Å². The summed E-state index contributed by atoms with van der Waals surface area (Å²) in [5, 5.41) is 3.79. The molecule has 0 bridgehead atoms. The number of amides is 1. The van der Waals surface area contributed by atoms with E-state index in [-0.39, 0.29) is 11.5 Å². The van der Waals surface area contributed by atoms with Gasteiger partial charge in [0.25, 0.3) is 5.56 Å². The van der Waals surface area contributed by atoms with Crippen LogP contribution in [0.25, 0.3) is 21.9 Å². The Bertz CT molecular complexity index is 1410. The van der Waals surface area contributed by atoms with Crippen molar-refractivity contribution in [2.75, 3.05) is 12.4 Å². The topological polar surface area (TPSA) is 91.9 Å². The number of unbranched alkanes of at least 4 members (excludes halogenated alkanes) is 1. The largest absolute Gasteiger partial charge is 0.497 e. The molecule has 0 saturated heterocycles. The molecule has 0 atom stereocenters. The number of aromatic nitrogens is 3. The molecule has 172 valence electrons. The molecular formula is C25H28N4O3S. The summed E-state index contributed by atoms with van der Waals surface area (Å²) in [4.78, 5) is 31.7. The maximum absolute atomic E-state index is 13.1. The molecule has 8 heteroatoms. The molecule has 0 aliphatic heterocycles. The fourth-order valence-electron chi connectivity index (χ4n) is 3.92. The van der Waals surface area contributed by atoms with Gasteiger partial charge in [-0.25, -0.2) is 0 Å². The Morgan fingerprint density at radius 2 is 1.85 bits per heavy atom. The summed E-state index contributed by atoms with van der Waals surface area (Å²) in [7, 11) is 1.61. The normalized spacial score (nSPS) is 11.4. The number of carbonyl (C=O) groups is 1. The second-order valence-corrected chi connectivity index (χ2v) is 8.84. The number of benzene rings is 2. The first-order chi connectivity index (χ1) is 15.9. The van der Waals surface area contributed by atoms with Crippen LogP contribution < -0.4 is 15.6 Å². The molecule has 2 heterocycles. The van der Waals surface area contributed by atoms with Gasteiger partial charge in [0.2, 0.25) is 5.91 Å². The first kappa shape index (κ1) is 22.8. The van der Waals surface area contributed by atoms with E-state index in [1.165, 1.54) is 5.56 Å². The number of aromatic amines is 2. The zero-order chi connectivity index (χ0) is 23.5. The number of nitrogens with zero attached hydrogens (tertiary/aromatic N) is 1. The molecule has 0 saturated carbocycles. The van der Waals surface area contributed by atoms with E-state index in [2.05, 4.69) is 29.1 Å². The molecule has 2 aromatic heterocycles. The molecule has 0 radical (unpaired) electrons. The van der Waals surface area contributed by atoms with Crippen molar-refractivity contribution in [2.45, 2.75) is 45.6 Å². The van der Waals surface area contributed by atoms with Gasteiger partial charge in [-0.2, -0.15) is 0 Å². The maximum Gasteiger partial charge on any atom is 0.278 e. The summed E-state index contributed by atoms with van der Waals surface area (Å²) in [6.07, 6.45) is 1.70. The molecule has 3 N–H and O–H groups in total. The van der Waals surface area contributed by atoms with Crippen LogP contribution in [-0.4, -0.2) is 27.6 Å². The van der Waals surface area contributed by atoms with E-state index in [1.807, 2.05) is 42.5 Å². The highest BCUT2D eigenvalue weighted by Crippen LogP contribution is 2.26. The Labute approximate surface area is 196 Å². The maximum atomic E-state index is 13.1. The van der Waals surface area contributed by atoms with Gasteiger partial charge in [0.15, 0.2) is 4.77 Å². The number of H-pyrrole nitrogens is 2. The van der Waals surface area contributed by atoms with Gasteiger partial charge in [-0.05, 0) is 66.9 Å². The highest BCUT2D eigenvalue weighted by molar-refractivity contribution is 7.71. The van der Waals surface area contributed by atoms with E-state index in [4.69, 9.17) is 17.0 Å². The van der Waals surface area contributed by atoms with Gasteiger partial charge in [-0.3, -0.25) is 14.2 Å². The molecule has 0 spiro atoms. The Balaban J connectivity index is 1.40. The molecule has 0 aliphatic rings. The van der Waals surface area contributed by atoms with Crippen molar-refractivity contribution in [3.05, 3.63) is 63.2 Å². The number of methoxy groups -OCH3 is 1. The Hall–Kier alpha value is -3.39. The number of hydrogen-bond acceptors (Lipinski definition) is 4. The third kappa shape index (κ3) is 4.85. The lowest BCUT2D eigenvalue weighted by Gasteiger charge is -2.09. The zero-order valence-corrected chi connectivity index (χ0v) is 19.8. The third-order valence-corrected chi connectivity index (χ3v) is 6.16. The minimum absolute atomic E-state index is 0.0372. The number of ether oxygens (including phenoxy) is 1. The van der Waals surface area contributed by atoms with Gasteiger partial charge >= 0.3 is 0 Å². The summed E-state index contributed by atoms with van der Waals surface area (Å²) in [5.74, 6) is 1.13. The van der Waals surface area contributed by atoms with Gasteiger partial charge in [0.1, 0.15) is 11.3 Å². The summed E-state index contributed by atoms with van der Waals surface area (Å²) in [5.41, 5.74) is 3.86. The highest BCUT2D eigenvalue weighted by atomic mass is 32.1. The average Bonchev–Trinajstić information content (AvgIpc) is 3.16. The number of carbonyl (C=O) groups excluding carboxylic acids is 1. The monoisotopic (exact) mass is 464 g/mol. The van der Waals surface area contributed by atoms with E-state index in [0.29, 0.717) is 53.3 Å². The van der Waals surface area contributed by atoms with E-state index < -0.39 is 0 Å². The van der Waals surface area contributed by atoms with Gasteiger partial charge < -0.3 is 20.0 Å². The average molecular weight is 465 g/mol. The predicted molar refractivity (Wildman–Crippen MR) is 135 cm³/mol. The lowest BCUT2D eigenvalue weighted by molar-refractivity contribution is -0.116. The van der Waals surface area contributed by atoms with Crippen LogP contribution in [0.4, 0.5) is 5.69 Å². The predicted octanol–water partition coefficient (Wildman–Crippen LogP) is 5.48. The minimum Gasteiger partial charge on any atom is -0.497 e. The summed E-state index contributed by atoms with van der Waals surface area (Å²) in [6.45, 7) is 4.72. The lowest BCUT2D eigenvalue weighted by Crippen LogP contribution is -2.22. The van der Waals surface area contributed by atoms with Crippen LogP contribution in [0, 0.1) is 4.77 Å². The van der Waals surface area contributed by atoms with Crippen LogP contribution in [0.3, 0.4) is 0 Å². The summed E-state index contributed by atoms with van der Waals surface area (Å²) < 4.78 is 7.21. The Morgan fingerprint density at radius 3 is 2.55 bits per heavy atom. The number of fused-ring (bicyclic) bond motifs is 3. The standard InChI is InChI=1S/C25H28N4O3S/c1-15(2)16-7-9-17(10-8-16)26-21(30)6-4-5-13-29-24(31)23-22(28-25(29)33)19-14-18(32-3)11-12-20(19)27-23/h7-12,14-15,27H,4-6,13H2,1-3H3,(H,26,30)(H,28,33).